The summed E-state index contributed by atoms with van der Waals surface area (Å²) >= 11 is 0. The van der Waals surface area contributed by atoms with Gasteiger partial charge >= 0.3 is 0 Å². The summed E-state index contributed by atoms with van der Waals surface area (Å²) in [4.78, 5) is 4.44. The molecule has 1 N–H and O–H groups in total. The van der Waals surface area contributed by atoms with Crippen molar-refractivity contribution in [3.8, 4) is 0 Å². The lowest BCUT2D eigenvalue weighted by Gasteiger charge is -2.02. The molecule has 13 heavy (non-hydrogen) atoms. The Bertz CT molecular complexity index is 96.5. The smallest absolute Gasteiger partial charge is 0.0857 e. The fourth-order valence-electron chi connectivity index (χ4n) is 0.384. The van der Waals surface area contributed by atoms with Crippen LogP contribution >= 0.6 is 0 Å². The Morgan fingerprint density at radius 2 is 1.62 bits per heavy atom. The van der Waals surface area contributed by atoms with Crippen molar-refractivity contribution < 1.29 is 40.4 Å². The second kappa shape index (κ2) is 9.77. The summed E-state index contributed by atoms with van der Waals surface area (Å²) < 4.78 is 0. The van der Waals surface area contributed by atoms with Gasteiger partial charge < -0.3 is 0 Å². The zero-order chi connectivity index (χ0) is 9.94. The van der Waals surface area contributed by atoms with Gasteiger partial charge in [-0.25, -0.2) is 10.1 Å². The molecule has 0 bridgehead atoms. The molecule has 0 atom stereocenters. The molecule has 0 rings (SSSR count). The second-order valence-corrected chi connectivity index (χ2v) is 2.42. The van der Waals surface area contributed by atoms with E-state index in [0.717, 1.165) is 6.42 Å². The lowest BCUT2D eigenvalue weighted by molar-refractivity contribution is -0.812. The Balaban J connectivity index is 2.84. The summed E-state index contributed by atoms with van der Waals surface area (Å²) in [6.07, 6.45) is 0.806. The summed E-state index contributed by atoms with van der Waals surface area (Å²) in [6, 6.07) is 0. The molecule has 8 nitrogen and oxygen atoms in total. The highest BCUT2D eigenvalue weighted by molar-refractivity contribution is 4.39. The van der Waals surface area contributed by atoms with Crippen LogP contribution in [0.5, 0.6) is 0 Å². The molecule has 0 saturated heterocycles. The lowest BCUT2D eigenvalue weighted by atomic mass is 10.1. The van der Waals surface area contributed by atoms with Gasteiger partial charge in [-0.1, -0.05) is 13.8 Å². The van der Waals surface area contributed by atoms with Gasteiger partial charge in [0.25, 0.3) is 0 Å². The van der Waals surface area contributed by atoms with E-state index in [0.29, 0.717) is 12.5 Å². The predicted octanol–water partition coefficient (Wildman–Crippen LogP) is 1.11. The standard InChI is InChI=1S/C5H12O8/c1-5(2)3-4-7-9-11-13-12-10-8-6/h5-6H,3-4H2,1-2H3. The normalized spacial score (nSPS) is 11.1. The topological polar surface area (TPSA) is 84.8 Å². The van der Waals surface area contributed by atoms with Crippen LogP contribution in [-0.4, -0.2) is 11.9 Å². The summed E-state index contributed by atoms with van der Waals surface area (Å²) in [6.45, 7) is 4.39. The third-order valence-electron chi connectivity index (χ3n) is 0.968. The second-order valence-electron chi connectivity index (χ2n) is 2.42. The molecular weight excluding hydrogens is 188 g/mol. The van der Waals surface area contributed by atoms with Crippen molar-refractivity contribution in [1.82, 2.24) is 0 Å². The summed E-state index contributed by atoms with van der Waals surface area (Å²) in [5.74, 6) is 0.492. The highest BCUT2D eigenvalue weighted by Crippen LogP contribution is 1.99. The average Bonchev–Trinajstić information content (AvgIpc) is 2.09. The van der Waals surface area contributed by atoms with Gasteiger partial charge in [0.2, 0.25) is 0 Å². The molecule has 0 fully saturated rings. The molecule has 8 heteroatoms. The van der Waals surface area contributed by atoms with Gasteiger partial charge in [0.15, 0.2) is 0 Å². The molecule has 0 spiro atoms. The van der Waals surface area contributed by atoms with E-state index in [4.69, 9.17) is 5.26 Å². The van der Waals surface area contributed by atoms with Crippen LogP contribution in [0.25, 0.3) is 0 Å². The average molecular weight is 200 g/mol. The molecule has 0 aliphatic rings. The van der Waals surface area contributed by atoms with Crippen LogP contribution in [0.1, 0.15) is 20.3 Å². The van der Waals surface area contributed by atoms with E-state index in [1.165, 1.54) is 0 Å². The highest BCUT2D eigenvalue weighted by Gasteiger charge is 1.96. The van der Waals surface area contributed by atoms with Crippen molar-refractivity contribution in [2.75, 3.05) is 6.61 Å². The minimum atomic E-state index is 0.346. The van der Waals surface area contributed by atoms with Crippen molar-refractivity contribution in [2.24, 2.45) is 5.92 Å². The van der Waals surface area contributed by atoms with Gasteiger partial charge in [0.05, 0.1) is 6.61 Å². The quantitative estimate of drug-likeness (QED) is 0.336. The van der Waals surface area contributed by atoms with Crippen molar-refractivity contribution >= 4 is 0 Å². The van der Waals surface area contributed by atoms with Gasteiger partial charge in [-0.05, 0) is 42.6 Å². The van der Waals surface area contributed by atoms with Crippen LogP contribution in [0, 0.1) is 5.92 Å². The zero-order valence-electron chi connectivity index (χ0n) is 7.30. The molecular formula is C5H12O8. The number of hydrogen-bond acceptors (Lipinski definition) is 8. The van der Waals surface area contributed by atoms with E-state index < -0.39 is 0 Å². The van der Waals surface area contributed by atoms with Crippen LogP contribution in [0.3, 0.4) is 0 Å². The zero-order valence-corrected chi connectivity index (χ0v) is 7.30. The fourth-order valence-corrected chi connectivity index (χ4v) is 0.384. The first-order chi connectivity index (χ1) is 6.27. The van der Waals surface area contributed by atoms with Gasteiger partial charge in [-0.2, -0.15) is 0 Å². The Kier molecular flexibility index (Phi) is 9.53. The maximum Gasteiger partial charge on any atom is 0.0857 e. The predicted molar refractivity (Wildman–Crippen MR) is 34.5 cm³/mol. The number of rotatable bonds is 9. The largest absolute Gasteiger partial charge is 0.219 e. The molecule has 0 aromatic carbocycles. The number of hydrogen-bond donors (Lipinski definition) is 1. The first-order valence-corrected chi connectivity index (χ1v) is 3.53. The van der Waals surface area contributed by atoms with Gasteiger partial charge in [-0.3, -0.25) is 0 Å². The summed E-state index contributed by atoms with van der Waals surface area (Å²) in [7, 11) is 0. The molecule has 0 amide bonds. The van der Waals surface area contributed by atoms with Crippen LogP contribution in [0.15, 0.2) is 0 Å². The highest BCUT2D eigenvalue weighted by atomic mass is 17.9. The third-order valence-corrected chi connectivity index (χ3v) is 0.968. The van der Waals surface area contributed by atoms with E-state index in [1.54, 1.807) is 0 Å². The third kappa shape index (κ3) is 11.7. The molecule has 0 aromatic rings. The molecule has 0 unspecified atom stereocenters. The van der Waals surface area contributed by atoms with E-state index in [9.17, 15) is 0 Å². The maximum absolute atomic E-state index is 7.51. The van der Waals surface area contributed by atoms with Crippen molar-refractivity contribution in [3.63, 3.8) is 0 Å². The van der Waals surface area contributed by atoms with Crippen molar-refractivity contribution in [3.05, 3.63) is 0 Å². The van der Waals surface area contributed by atoms with Gasteiger partial charge in [0.1, 0.15) is 0 Å². The first-order valence-electron chi connectivity index (χ1n) is 3.53. The Morgan fingerprint density at radius 3 is 2.23 bits per heavy atom. The van der Waals surface area contributed by atoms with E-state index >= 15 is 0 Å². The molecule has 80 valence electrons. The van der Waals surface area contributed by atoms with Gasteiger partial charge in [0, 0.05) is 0 Å². The SMILES string of the molecule is CC(C)CCOOOOOOOO. The van der Waals surface area contributed by atoms with Crippen LogP contribution in [-0.2, 0) is 35.1 Å². The monoisotopic (exact) mass is 200 g/mol. The van der Waals surface area contributed by atoms with E-state index in [2.05, 4.69) is 35.1 Å². The molecule has 0 radical (unpaired) electrons. The Hall–Kier alpha value is -0.320. The van der Waals surface area contributed by atoms with E-state index in [1.807, 2.05) is 13.8 Å². The molecule has 0 aliphatic carbocycles. The van der Waals surface area contributed by atoms with Crippen LogP contribution in [0.2, 0.25) is 0 Å². The maximum atomic E-state index is 7.51. The lowest BCUT2D eigenvalue weighted by Crippen LogP contribution is -2.03. The van der Waals surface area contributed by atoms with Gasteiger partial charge in [-0.15, -0.1) is 0 Å². The molecule has 0 heterocycles. The molecule has 0 aromatic heterocycles. The molecule has 0 aliphatic heterocycles. The minimum absolute atomic E-state index is 0.346. The van der Waals surface area contributed by atoms with Crippen LogP contribution in [0.4, 0.5) is 0 Å². The van der Waals surface area contributed by atoms with Crippen molar-refractivity contribution in [2.45, 2.75) is 20.3 Å². The first kappa shape index (κ1) is 12.7. The summed E-state index contributed by atoms with van der Waals surface area (Å²) in [5.41, 5.74) is 0. The minimum Gasteiger partial charge on any atom is -0.219 e. The van der Waals surface area contributed by atoms with E-state index in [-0.39, 0.29) is 0 Å². The fraction of sp³-hybridized carbons (Fsp3) is 1.00. The molecule has 0 saturated carbocycles. The summed E-state index contributed by atoms with van der Waals surface area (Å²) in [5, 5.41) is 28.7. The Morgan fingerprint density at radius 1 is 1.00 bits per heavy atom. The van der Waals surface area contributed by atoms with Crippen molar-refractivity contribution in [1.29, 1.82) is 0 Å². The van der Waals surface area contributed by atoms with Crippen LogP contribution < -0.4 is 0 Å². The Labute approximate surface area is 74.3 Å².